The van der Waals surface area contributed by atoms with Gasteiger partial charge in [-0.3, -0.25) is 0 Å². The molecule has 0 amide bonds. The Bertz CT molecular complexity index is 175. The molecule has 0 unspecified atom stereocenters. The Labute approximate surface area is 71.8 Å². The average Bonchev–Trinajstić information content (AvgIpc) is 2.03. The molecule has 1 N–H and O–H groups in total. The summed E-state index contributed by atoms with van der Waals surface area (Å²) in [6, 6.07) is 0. The van der Waals surface area contributed by atoms with Crippen molar-refractivity contribution in [3.63, 3.8) is 0 Å². The van der Waals surface area contributed by atoms with Gasteiger partial charge in [0.25, 0.3) is 5.95 Å². The van der Waals surface area contributed by atoms with Gasteiger partial charge in [0.15, 0.2) is 0 Å². The zero-order valence-corrected chi connectivity index (χ0v) is 7.59. The number of rotatable bonds is 5. The van der Waals surface area contributed by atoms with Crippen molar-refractivity contribution in [1.29, 1.82) is 0 Å². The van der Waals surface area contributed by atoms with Gasteiger partial charge in [0.1, 0.15) is 5.57 Å². The van der Waals surface area contributed by atoms with Crippen molar-refractivity contribution in [2.75, 3.05) is 13.2 Å². The smallest absolute Gasteiger partial charge is 0.338 e. The first-order valence-electron chi connectivity index (χ1n) is 3.83. The Kier molecular flexibility index (Phi) is 4.92. The molecule has 12 heavy (non-hydrogen) atoms. The fourth-order valence-electron chi connectivity index (χ4n) is 0.608. The third-order valence-electron chi connectivity index (χ3n) is 1.18. The number of ether oxygens (including phenoxy) is 2. The minimum atomic E-state index is -1.02. The Balaban J connectivity index is 4.43. The van der Waals surface area contributed by atoms with Gasteiger partial charge in [-0.15, -0.1) is 0 Å². The van der Waals surface area contributed by atoms with Crippen molar-refractivity contribution in [3.05, 3.63) is 11.5 Å². The first-order chi connectivity index (χ1) is 5.63. The second-order valence-corrected chi connectivity index (χ2v) is 2.08. The fourth-order valence-corrected chi connectivity index (χ4v) is 0.608. The van der Waals surface area contributed by atoms with Crippen molar-refractivity contribution < 1.29 is 19.4 Å². The second kappa shape index (κ2) is 5.46. The Morgan fingerprint density at radius 1 is 1.25 bits per heavy atom. The minimum absolute atomic E-state index is 0.0960. The largest absolute Gasteiger partial charge is 0.478 e. The van der Waals surface area contributed by atoms with Gasteiger partial charge in [-0.25, -0.2) is 4.79 Å². The van der Waals surface area contributed by atoms with Gasteiger partial charge in [-0.1, -0.05) is 0 Å². The van der Waals surface area contributed by atoms with Crippen molar-refractivity contribution in [1.82, 2.24) is 0 Å². The van der Waals surface area contributed by atoms with E-state index in [1.54, 1.807) is 13.8 Å². The first-order valence-corrected chi connectivity index (χ1v) is 3.83. The molecule has 0 bridgehead atoms. The standard InChI is InChI=1S/C8H14O4/c1-4-11-8(12-5-2)6(3)7(9)10/h4-5H2,1-3H3,(H,9,10). The van der Waals surface area contributed by atoms with Crippen LogP contribution in [0.4, 0.5) is 0 Å². The maximum atomic E-state index is 10.5. The molecule has 70 valence electrons. The molecule has 0 rings (SSSR count). The lowest BCUT2D eigenvalue weighted by Crippen LogP contribution is -2.07. The van der Waals surface area contributed by atoms with Crippen LogP contribution in [0.15, 0.2) is 11.5 Å². The van der Waals surface area contributed by atoms with Gasteiger partial charge < -0.3 is 14.6 Å². The summed E-state index contributed by atoms with van der Waals surface area (Å²) in [6.07, 6.45) is 0. The molecular formula is C8H14O4. The monoisotopic (exact) mass is 174 g/mol. The van der Waals surface area contributed by atoms with Crippen LogP contribution in [-0.2, 0) is 14.3 Å². The molecule has 0 spiro atoms. The minimum Gasteiger partial charge on any atom is -0.478 e. The highest BCUT2D eigenvalue weighted by Crippen LogP contribution is 2.07. The third kappa shape index (κ3) is 3.27. The maximum absolute atomic E-state index is 10.5. The SMILES string of the molecule is CCOC(OCC)=C(C)C(=O)O. The van der Waals surface area contributed by atoms with Crippen LogP contribution in [0.5, 0.6) is 0 Å². The lowest BCUT2D eigenvalue weighted by Gasteiger charge is -2.09. The zero-order chi connectivity index (χ0) is 9.56. The molecule has 0 aliphatic carbocycles. The number of hydrogen-bond acceptors (Lipinski definition) is 3. The van der Waals surface area contributed by atoms with Crippen molar-refractivity contribution in [2.24, 2.45) is 0 Å². The summed E-state index contributed by atoms with van der Waals surface area (Å²) in [5, 5.41) is 8.59. The van der Waals surface area contributed by atoms with E-state index in [0.717, 1.165) is 0 Å². The summed E-state index contributed by atoms with van der Waals surface area (Å²) >= 11 is 0. The molecule has 0 radical (unpaired) electrons. The number of carbonyl (C=O) groups is 1. The van der Waals surface area contributed by atoms with Crippen molar-refractivity contribution in [2.45, 2.75) is 20.8 Å². The van der Waals surface area contributed by atoms with Gasteiger partial charge in [0.05, 0.1) is 13.2 Å². The van der Waals surface area contributed by atoms with Crippen LogP contribution in [-0.4, -0.2) is 24.3 Å². The average molecular weight is 174 g/mol. The molecule has 0 aliphatic heterocycles. The zero-order valence-electron chi connectivity index (χ0n) is 7.59. The van der Waals surface area contributed by atoms with Gasteiger partial charge in [0.2, 0.25) is 0 Å². The van der Waals surface area contributed by atoms with E-state index in [1.165, 1.54) is 6.92 Å². The van der Waals surface area contributed by atoms with Crippen LogP contribution < -0.4 is 0 Å². The molecule has 0 aromatic heterocycles. The van der Waals surface area contributed by atoms with Gasteiger partial charge in [0, 0.05) is 0 Å². The highest BCUT2D eigenvalue weighted by molar-refractivity contribution is 5.86. The van der Waals surface area contributed by atoms with E-state index in [2.05, 4.69) is 0 Å². The summed E-state index contributed by atoms with van der Waals surface area (Å²) in [6.45, 7) is 5.80. The normalized spacial score (nSPS) is 8.92. The third-order valence-corrected chi connectivity index (χ3v) is 1.18. The van der Waals surface area contributed by atoms with Crippen LogP contribution in [0.2, 0.25) is 0 Å². The van der Waals surface area contributed by atoms with Crippen LogP contribution in [0, 0.1) is 0 Å². The van der Waals surface area contributed by atoms with Gasteiger partial charge >= 0.3 is 5.97 Å². The molecule has 0 saturated heterocycles. The summed E-state index contributed by atoms with van der Waals surface area (Å²) in [5.41, 5.74) is 0.0960. The molecule has 0 fully saturated rings. The summed E-state index contributed by atoms with van der Waals surface area (Å²) in [4.78, 5) is 10.5. The van der Waals surface area contributed by atoms with Crippen LogP contribution in [0.1, 0.15) is 20.8 Å². The van der Waals surface area contributed by atoms with Crippen LogP contribution in [0.25, 0.3) is 0 Å². The summed E-state index contributed by atoms with van der Waals surface area (Å²) in [7, 11) is 0. The Morgan fingerprint density at radius 3 is 1.92 bits per heavy atom. The second-order valence-electron chi connectivity index (χ2n) is 2.08. The fraction of sp³-hybridized carbons (Fsp3) is 0.625. The van der Waals surface area contributed by atoms with Crippen LogP contribution >= 0.6 is 0 Å². The van der Waals surface area contributed by atoms with Crippen molar-refractivity contribution >= 4 is 5.97 Å². The lowest BCUT2D eigenvalue weighted by molar-refractivity contribution is -0.133. The lowest BCUT2D eigenvalue weighted by atomic mass is 10.3. The van der Waals surface area contributed by atoms with Crippen LogP contribution in [0.3, 0.4) is 0 Å². The summed E-state index contributed by atoms with van der Waals surface area (Å²) in [5.74, 6) is -0.917. The van der Waals surface area contributed by atoms with Gasteiger partial charge in [-0.05, 0) is 20.8 Å². The molecule has 4 heteroatoms. The number of carboxylic acid groups (broad SMARTS) is 1. The van der Waals surface area contributed by atoms with E-state index >= 15 is 0 Å². The number of aliphatic carboxylic acids is 1. The molecule has 0 aromatic rings. The summed E-state index contributed by atoms with van der Waals surface area (Å²) < 4.78 is 9.96. The van der Waals surface area contributed by atoms with E-state index < -0.39 is 5.97 Å². The molecule has 0 saturated carbocycles. The van der Waals surface area contributed by atoms with Gasteiger partial charge in [-0.2, -0.15) is 0 Å². The number of hydrogen-bond donors (Lipinski definition) is 1. The Hall–Kier alpha value is -1.19. The molecule has 0 aliphatic rings. The van der Waals surface area contributed by atoms with E-state index in [9.17, 15) is 4.79 Å². The van der Waals surface area contributed by atoms with E-state index in [4.69, 9.17) is 14.6 Å². The first kappa shape index (κ1) is 10.8. The highest BCUT2D eigenvalue weighted by atomic mass is 16.7. The predicted molar refractivity (Wildman–Crippen MR) is 43.6 cm³/mol. The highest BCUT2D eigenvalue weighted by Gasteiger charge is 2.11. The maximum Gasteiger partial charge on any atom is 0.338 e. The predicted octanol–water partition coefficient (Wildman–Crippen LogP) is 1.38. The molecule has 0 atom stereocenters. The van der Waals surface area contributed by atoms with E-state index in [1.807, 2.05) is 0 Å². The van der Waals surface area contributed by atoms with Crippen molar-refractivity contribution in [3.8, 4) is 0 Å². The molecule has 0 heterocycles. The molecule has 4 nitrogen and oxygen atoms in total. The molecule has 0 aromatic carbocycles. The van der Waals surface area contributed by atoms with E-state index in [-0.39, 0.29) is 11.5 Å². The molecular weight excluding hydrogens is 160 g/mol. The topological polar surface area (TPSA) is 55.8 Å². The quantitative estimate of drug-likeness (QED) is 0.505. The Morgan fingerprint density at radius 2 is 1.67 bits per heavy atom. The number of carboxylic acids is 1. The van der Waals surface area contributed by atoms with E-state index in [0.29, 0.717) is 13.2 Å².